The molecular weight excluding hydrogens is 480 g/mol. The van der Waals surface area contributed by atoms with Gasteiger partial charge in [-0.1, -0.05) is 72.3 Å². The molecule has 7 nitrogen and oxygen atoms in total. The lowest BCUT2D eigenvalue weighted by atomic mass is 10.1. The molecule has 0 unspecified atom stereocenters. The van der Waals surface area contributed by atoms with Gasteiger partial charge in [-0.3, -0.25) is 15.0 Å². The van der Waals surface area contributed by atoms with Crippen LogP contribution >= 0.6 is 11.6 Å². The molecule has 0 saturated heterocycles. The first-order valence-corrected chi connectivity index (χ1v) is 12.4. The highest BCUT2D eigenvalue weighted by Crippen LogP contribution is 2.27. The van der Waals surface area contributed by atoms with Gasteiger partial charge in [0.05, 0.1) is 23.2 Å². The summed E-state index contributed by atoms with van der Waals surface area (Å²) in [4.78, 5) is 25.6. The molecule has 0 bridgehead atoms. The average Bonchev–Trinajstić information content (AvgIpc) is 3.31. The topological polar surface area (TPSA) is 81.9 Å². The minimum Gasteiger partial charge on any atom is -0.456 e. The summed E-state index contributed by atoms with van der Waals surface area (Å²) in [6.07, 6.45) is 1.77. The van der Waals surface area contributed by atoms with E-state index in [1.807, 2.05) is 36.4 Å². The fourth-order valence-corrected chi connectivity index (χ4v) is 4.68. The summed E-state index contributed by atoms with van der Waals surface area (Å²) in [5.41, 5.74) is 2.29. The number of nitro benzene ring substituents is 1. The first-order chi connectivity index (χ1) is 17.5. The molecule has 8 heteroatoms. The molecule has 0 radical (unpaired) electrons. The quantitative estimate of drug-likeness (QED) is 0.178. The summed E-state index contributed by atoms with van der Waals surface area (Å²) in [6, 6.07) is 24.4. The smallest absolute Gasteiger partial charge is 0.338 e. The highest BCUT2D eigenvalue weighted by atomic mass is 35.5. The number of halogens is 1. The number of hydrogen-bond acceptors (Lipinski definition) is 6. The molecule has 0 heterocycles. The van der Waals surface area contributed by atoms with Gasteiger partial charge in [0.25, 0.3) is 5.69 Å². The number of carbonyl (C=O) groups is 1. The van der Waals surface area contributed by atoms with E-state index < -0.39 is 17.0 Å². The largest absolute Gasteiger partial charge is 0.456 e. The van der Waals surface area contributed by atoms with Crippen molar-refractivity contribution in [3.8, 4) is 0 Å². The van der Waals surface area contributed by atoms with Crippen LogP contribution in [0.15, 0.2) is 78.9 Å². The molecule has 0 amide bonds. The molecule has 1 aliphatic rings. The van der Waals surface area contributed by atoms with Crippen LogP contribution in [0, 0.1) is 10.1 Å². The molecule has 3 aromatic rings. The van der Waals surface area contributed by atoms with E-state index in [1.54, 1.807) is 0 Å². The van der Waals surface area contributed by atoms with Gasteiger partial charge >= 0.3 is 5.97 Å². The Labute approximate surface area is 215 Å². The Hall–Kier alpha value is -3.26. The number of nitro groups is 1. The summed E-state index contributed by atoms with van der Waals surface area (Å²) in [6.45, 7) is 2.83. The Kier molecular flexibility index (Phi) is 9.06. The number of benzene rings is 3. The highest BCUT2D eigenvalue weighted by molar-refractivity contribution is 6.31. The van der Waals surface area contributed by atoms with Gasteiger partial charge in [0.2, 0.25) is 0 Å². The fourth-order valence-electron chi connectivity index (χ4n) is 4.45. The second-order valence-corrected chi connectivity index (χ2v) is 9.36. The maximum Gasteiger partial charge on any atom is 0.338 e. The van der Waals surface area contributed by atoms with E-state index in [4.69, 9.17) is 21.1 Å². The van der Waals surface area contributed by atoms with E-state index in [0.717, 1.165) is 32.5 Å². The van der Waals surface area contributed by atoms with Crippen molar-refractivity contribution in [1.82, 2.24) is 4.90 Å². The molecule has 1 fully saturated rings. The van der Waals surface area contributed by atoms with Crippen molar-refractivity contribution >= 4 is 23.3 Å². The van der Waals surface area contributed by atoms with Crippen molar-refractivity contribution in [2.24, 2.45) is 0 Å². The standard InChI is InChI=1S/C28H29ClN2O5/c29-24-16-23(17-25(18-24)31(33)34)28(32)36-27-13-7-12-26(27)35-15-14-30(19-21-8-3-1-4-9-21)20-22-10-5-2-6-11-22/h1-6,8-11,16-18,26-27H,7,12-15,19-20H2/t26-,27+/m0/s1. The van der Waals surface area contributed by atoms with Crippen molar-refractivity contribution in [2.75, 3.05) is 13.2 Å². The van der Waals surface area contributed by atoms with E-state index in [1.165, 1.54) is 29.3 Å². The molecule has 0 spiro atoms. The molecule has 1 aliphatic carbocycles. The van der Waals surface area contributed by atoms with Gasteiger partial charge in [0, 0.05) is 36.8 Å². The van der Waals surface area contributed by atoms with Crippen LogP contribution < -0.4 is 0 Å². The van der Waals surface area contributed by atoms with Gasteiger partial charge in [-0.2, -0.15) is 0 Å². The van der Waals surface area contributed by atoms with Crippen LogP contribution in [0.1, 0.15) is 40.7 Å². The number of hydrogen-bond donors (Lipinski definition) is 0. The monoisotopic (exact) mass is 508 g/mol. The molecule has 3 aromatic carbocycles. The molecule has 36 heavy (non-hydrogen) atoms. The summed E-state index contributed by atoms with van der Waals surface area (Å²) < 4.78 is 11.9. The minimum absolute atomic E-state index is 0.0664. The Morgan fingerprint density at radius 3 is 2.17 bits per heavy atom. The van der Waals surface area contributed by atoms with Crippen LogP contribution in [0.3, 0.4) is 0 Å². The molecule has 0 N–H and O–H groups in total. The summed E-state index contributed by atoms with van der Waals surface area (Å²) in [5, 5.41) is 11.2. The first kappa shape index (κ1) is 25.8. The summed E-state index contributed by atoms with van der Waals surface area (Å²) in [7, 11) is 0. The Morgan fingerprint density at radius 1 is 0.944 bits per heavy atom. The second kappa shape index (κ2) is 12.6. The summed E-state index contributed by atoms with van der Waals surface area (Å²) >= 11 is 5.96. The van der Waals surface area contributed by atoms with Gasteiger partial charge in [-0.15, -0.1) is 0 Å². The number of rotatable bonds is 11. The molecule has 0 aliphatic heterocycles. The van der Waals surface area contributed by atoms with Crippen molar-refractivity contribution in [3.63, 3.8) is 0 Å². The number of carbonyl (C=O) groups excluding carboxylic acids is 1. The minimum atomic E-state index is -0.629. The Balaban J connectivity index is 1.34. The SMILES string of the molecule is O=C(O[C@@H]1CCC[C@@H]1OCCN(Cc1ccccc1)Cc1ccccc1)c1cc(Cl)cc([N+](=O)[O-])c1. The predicted molar refractivity (Wildman–Crippen MR) is 138 cm³/mol. The molecule has 4 rings (SSSR count). The summed E-state index contributed by atoms with van der Waals surface area (Å²) in [5.74, 6) is -0.629. The maximum atomic E-state index is 12.7. The van der Waals surface area contributed by atoms with E-state index in [-0.39, 0.29) is 22.4 Å². The third-order valence-electron chi connectivity index (χ3n) is 6.22. The van der Waals surface area contributed by atoms with Crippen LogP contribution in [0.5, 0.6) is 0 Å². The maximum absolute atomic E-state index is 12.7. The van der Waals surface area contributed by atoms with Crippen molar-refractivity contribution in [3.05, 3.63) is 111 Å². The Bertz CT molecular complexity index is 1120. The average molecular weight is 509 g/mol. The van der Waals surface area contributed by atoms with E-state index in [0.29, 0.717) is 13.0 Å². The van der Waals surface area contributed by atoms with Gasteiger partial charge in [-0.05, 0) is 36.5 Å². The second-order valence-electron chi connectivity index (χ2n) is 8.92. The third-order valence-corrected chi connectivity index (χ3v) is 6.44. The van der Waals surface area contributed by atoms with Crippen molar-refractivity contribution < 1.29 is 19.2 Å². The van der Waals surface area contributed by atoms with E-state index in [2.05, 4.69) is 29.2 Å². The van der Waals surface area contributed by atoms with Crippen LogP contribution in [-0.4, -0.2) is 41.2 Å². The van der Waals surface area contributed by atoms with Crippen LogP contribution in [0.2, 0.25) is 5.02 Å². The van der Waals surface area contributed by atoms with Gasteiger partial charge in [0.1, 0.15) is 6.10 Å². The normalized spacial score (nSPS) is 17.3. The van der Waals surface area contributed by atoms with Gasteiger partial charge < -0.3 is 9.47 Å². The third kappa shape index (κ3) is 7.37. The zero-order chi connectivity index (χ0) is 25.3. The number of nitrogens with zero attached hydrogens (tertiary/aromatic N) is 2. The lowest BCUT2D eigenvalue weighted by Gasteiger charge is -2.25. The number of non-ortho nitro benzene ring substituents is 1. The molecule has 2 atom stereocenters. The van der Waals surface area contributed by atoms with Crippen molar-refractivity contribution in [2.45, 2.75) is 44.6 Å². The fraction of sp³-hybridized carbons (Fsp3) is 0.321. The first-order valence-electron chi connectivity index (χ1n) is 12.1. The van der Waals surface area contributed by atoms with Crippen LogP contribution in [-0.2, 0) is 22.6 Å². The molecule has 0 aromatic heterocycles. The van der Waals surface area contributed by atoms with Crippen LogP contribution in [0.25, 0.3) is 0 Å². The van der Waals surface area contributed by atoms with Gasteiger partial charge in [0.15, 0.2) is 0 Å². The van der Waals surface area contributed by atoms with Gasteiger partial charge in [-0.25, -0.2) is 4.79 Å². The number of ether oxygens (including phenoxy) is 2. The molecule has 1 saturated carbocycles. The number of esters is 1. The van der Waals surface area contributed by atoms with Crippen LogP contribution in [0.4, 0.5) is 5.69 Å². The van der Waals surface area contributed by atoms with E-state index >= 15 is 0 Å². The molecular formula is C28H29ClN2O5. The molecule has 188 valence electrons. The Morgan fingerprint density at radius 2 is 1.56 bits per heavy atom. The lowest BCUT2D eigenvalue weighted by molar-refractivity contribution is -0.384. The zero-order valence-corrected chi connectivity index (χ0v) is 20.7. The highest BCUT2D eigenvalue weighted by Gasteiger charge is 2.32. The zero-order valence-electron chi connectivity index (χ0n) is 19.9. The van der Waals surface area contributed by atoms with Crippen molar-refractivity contribution in [1.29, 1.82) is 0 Å². The predicted octanol–water partition coefficient (Wildman–Crippen LogP) is 6.05. The lowest BCUT2D eigenvalue weighted by Crippen LogP contribution is -2.32. The van der Waals surface area contributed by atoms with E-state index in [9.17, 15) is 14.9 Å².